The topological polar surface area (TPSA) is 192 Å². The van der Waals surface area contributed by atoms with E-state index in [4.69, 9.17) is 4.74 Å². The fraction of sp³-hybridized carbons (Fsp3) is 0.395. The smallest absolute Gasteiger partial charge is 0.245 e. The highest BCUT2D eigenvalue weighted by Gasteiger charge is 2.51. The molecular formula is C38H44N6O8S. The quantitative estimate of drug-likeness (QED) is 0.241. The second-order valence-corrected chi connectivity index (χ2v) is 15.5. The zero-order valence-electron chi connectivity index (χ0n) is 29.6. The Labute approximate surface area is 308 Å². The van der Waals surface area contributed by atoms with Crippen molar-refractivity contribution in [2.45, 2.75) is 80.9 Å². The van der Waals surface area contributed by atoms with E-state index in [2.05, 4.69) is 26.0 Å². The maximum atomic E-state index is 13.9. The molecule has 0 saturated heterocycles. The number of carbonyl (C=O) groups is 5. The van der Waals surface area contributed by atoms with E-state index >= 15 is 0 Å². The van der Waals surface area contributed by atoms with Crippen molar-refractivity contribution in [3.05, 3.63) is 89.5 Å². The van der Waals surface area contributed by atoms with E-state index in [0.717, 1.165) is 5.56 Å². The van der Waals surface area contributed by atoms with Crippen LogP contribution in [-0.4, -0.2) is 81.3 Å². The van der Waals surface area contributed by atoms with Crippen molar-refractivity contribution < 1.29 is 37.1 Å². The molecule has 3 aliphatic heterocycles. The average Bonchev–Trinajstić information content (AvgIpc) is 3.93. The van der Waals surface area contributed by atoms with Gasteiger partial charge in [0.05, 0.1) is 11.4 Å². The number of nitrogens with zero attached hydrogens (tertiary/aromatic N) is 1. The summed E-state index contributed by atoms with van der Waals surface area (Å²) >= 11 is 0. The average molecular weight is 745 g/mol. The first kappa shape index (κ1) is 37.5. The van der Waals surface area contributed by atoms with E-state index < -0.39 is 51.4 Å². The molecular weight excluding hydrogens is 701 g/mol. The molecule has 1 saturated carbocycles. The number of amides is 5. The van der Waals surface area contributed by atoms with Crippen molar-refractivity contribution in [3.8, 4) is 5.75 Å². The monoisotopic (exact) mass is 744 g/mol. The Balaban J connectivity index is 1.26. The molecule has 15 heteroatoms. The van der Waals surface area contributed by atoms with Crippen molar-refractivity contribution in [1.82, 2.24) is 26.0 Å². The van der Waals surface area contributed by atoms with Gasteiger partial charge in [0.15, 0.2) is 0 Å². The summed E-state index contributed by atoms with van der Waals surface area (Å²) < 4.78 is 36.0. The van der Waals surface area contributed by atoms with Crippen LogP contribution in [0.2, 0.25) is 0 Å². The lowest BCUT2D eigenvalue weighted by molar-refractivity contribution is -0.134. The maximum absolute atomic E-state index is 13.9. The van der Waals surface area contributed by atoms with E-state index in [0.29, 0.717) is 54.8 Å². The molecule has 1 fully saturated rings. The first-order valence-corrected chi connectivity index (χ1v) is 19.2. The molecule has 0 unspecified atom stereocenters. The number of hydrogen-bond acceptors (Lipinski definition) is 8. The fourth-order valence-corrected chi connectivity index (χ4v) is 7.81. The van der Waals surface area contributed by atoms with Gasteiger partial charge in [0.1, 0.15) is 36.0 Å². The van der Waals surface area contributed by atoms with Gasteiger partial charge in [0, 0.05) is 25.6 Å². The van der Waals surface area contributed by atoms with Crippen molar-refractivity contribution in [1.29, 1.82) is 0 Å². The molecule has 0 aromatic heterocycles. The maximum Gasteiger partial charge on any atom is 0.245 e. The van der Waals surface area contributed by atoms with Crippen LogP contribution in [0.5, 0.6) is 5.75 Å². The first-order chi connectivity index (χ1) is 25.3. The van der Waals surface area contributed by atoms with Crippen LogP contribution in [0.3, 0.4) is 0 Å². The second kappa shape index (κ2) is 15.8. The van der Waals surface area contributed by atoms with Crippen molar-refractivity contribution in [2.24, 2.45) is 0 Å². The van der Waals surface area contributed by atoms with E-state index in [-0.39, 0.29) is 42.7 Å². The number of ether oxygens (including phenoxy) is 1. The zero-order chi connectivity index (χ0) is 37.8. The standard InChI is InChI=1S/C38H44N6O8S/c1-24-34(46)41-31(21-26-7-4-3-5-8-26)36(48)42-38(16-17-38)37(49)39-18-20-52-29-12-10-27(11-13-29)22-32(35(47)40-24)43-53(50,51)30-14-15-33-28(23-30)9-6-19-44(33)25(2)45/h3-5,7-8,10-15,23-24,31-32,43H,6,9,16-22H2,1-2H3,(H,39,49)(H,40,47)(H,41,46)(H,42,48)/t24-,31+,32-/m0/s1. The van der Waals surface area contributed by atoms with Gasteiger partial charge in [-0.05, 0) is 86.1 Å². The van der Waals surface area contributed by atoms with Crippen molar-refractivity contribution in [2.75, 3.05) is 24.6 Å². The summed E-state index contributed by atoms with van der Waals surface area (Å²) in [5.74, 6) is -1.97. The summed E-state index contributed by atoms with van der Waals surface area (Å²) in [6.45, 7) is 3.77. The second-order valence-electron chi connectivity index (χ2n) is 13.7. The van der Waals surface area contributed by atoms with Crippen molar-refractivity contribution in [3.63, 3.8) is 0 Å². The molecule has 0 radical (unpaired) electrons. The third-order valence-corrected chi connectivity index (χ3v) is 11.2. The number of anilines is 1. The largest absolute Gasteiger partial charge is 0.492 e. The highest BCUT2D eigenvalue weighted by Crippen LogP contribution is 2.36. The third-order valence-electron chi connectivity index (χ3n) is 9.71. The van der Waals surface area contributed by atoms with E-state index in [1.807, 2.05) is 18.2 Å². The molecule has 1 spiro atoms. The van der Waals surface area contributed by atoms with Crippen LogP contribution in [0.4, 0.5) is 5.69 Å². The van der Waals surface area contributed by atoms with Crippen molar-refractivity contribution >= 4 is 45.2 Å². The summed E-state index contributed by atoms with van der Waals surface area (Å²) in [5, 5.41) is 11.0. The zero-order valence-corrected chi connectivity index (χ0v) is 30.5. The normalized spacial score (nSPS) is 22.4. The number of hydrogen-bond donors (Lipinski definition) is 5. The summed E-state index contributed by atoms with van der Waals surface area (Å²) in [7, 11) is -4.27. The lowest BCUT2D eigenvalue weighted by atomic mass is 10.0. The van der Waals surface area contributed by atoms with E-state index in [9.17, 15) is 32.4 Å². The number of fused-ring (bicyclic) bond motifs is 16. The van der Waals surface area contributed by atoms with Gasteiger partial charge in [-0.3, -0.25) is 24.0 Å². The van der Waals surface area contributed by atoms with Crippen LogP contribution in [0.1, 0.15) is 49.8 Å². The Morgan fingerprint density at radius 2 is 1.68 bits per heavy atom. The molecule has 5 N–H and O–H groups in total. The van der Waals surface area contributed by atoms with Crippen LogP contribution in [0.25, 0.3) is 0 Å². The predicted molar refractivity (Wildman–Crippen MR) is 195 cm³/mol. The Hall–Kier alpha value is -5.28. The number of nitrogens with one attached hydrogen (secondary N) is 5. The van der Waals surface area contributed by atoms with Crippen LogP contribution >= 0.6 is 0 Å². The molecule has 3 heterocycles. The molecule has 1 aliphatic carbocycles. The highest BCUT2D eigenvalue weighted by molar-refractivity contribution is 7.89. The van der Waals surface area contributed by atoms with Crippen LogP contribution in [0, 0.1) is 0 Å². The molecule has 5 amide bonds. The number of carbonyl (C=O) groups excluding carboxylic acids is 5. The van der Waals surface area contributed by atoms with Gasteiger partial charge in [0.25, 0.3) is 0 Å². The first-order valence-electron chi connectivity index (χ1n) is 17.7. The molecule has 3 aromatic carbocycles. The Kier molecular flexibility index (Phi) is 11.1. The summed E-state index contributed by atoms with van der Waals surface area (Å²) in [5.41, 5.74) is 1.63. The Morgan fingerprint density at radius 3 is 2.38 bits per heavy atom. The lowest BCUT2D eigenvalue weighted by Crippen LogP contribution is -2.59. The fourth-order valence-electron chi connectivity index (χ4n) is 6.56. The van der Waals surface area contributed by atoms with E-state index in [1.165, 1.54) is 26.0 Å². The molecule has 3 atom stereocenters. The van der Waals surface area contributed by atoms with Crippen LogP contribution in [-0.2, 0) is 53.3 Å². The lowest BCUT2D eigenvalue weighted by Gasteiger charge is -2.29. The van der Waals surface area contributed by atoms with Gasteiger partial charge in [-0.2, -0.15) is 4.72 Å². The molecule has 2 bridgehead atoms. The molecule has 280 valence electrons. The SMILES string of the molecule is CC(=O)N1CCCc2cc(S(=O)(=O)N[C@H]3Cc4ccc(cc4)OCCNC(=O)C4(CC4)NC(=O)[C@@H](Cc4ccccc4)NC(=O)[C@H](C)NC3=O)ccc21. The molecule has 53 heavy (non-hydrogen) atoms. The Morgan fingerprint density at radius 1 is 0.943 bits per heavy atom. The van der Waals surface area contributed by atoms with Gasteiger partial charge in [-0.15, -0.1) is 0 Å². The minimum atomic E-state index is -4.27. The minimum absolute atomic E-state index is 0.0641. The summed E-state index contributed by atoms with van der Waals surface area (Å²) in [6.07, 6.45) is 2.19. The molecule has 4 aliphatic rings. The van der Waals surface area contributed by atoms with Gasteiger partial charge in [-0.1, -0.05) is 42.5 Å². The van der Waals surface area contributed by atoms with Crippen LogP contribution < -0.4 is 35.6 Å². The van der Waals surface area contributed by atoms with Gasteiger partial charge >= 0.3 is 0 Å². The molecule has 3 aromatic rings. The van der Waals surface area contributed by atoms with Gasteiger partial charge < -0.3 is 30.9 Å². The molecule has 7 rings (SSSR count). The minimum Gasteiger partial charge on any atom is -0.492 e. The van der Waals surface area contributed by atoms with Gasteiger partial charge in [0.2, 0.25) is 39.6 Å². The highest BCUT2D eigenvalue weighted by atomic mass is 32.2. The van der Waals surface area contributed by atoms with Crippen LogP contribution in [0.15, 0.2) is 77.7 Å². The number of benzene rings is 3. The summed E-state index contributed by atoms with van der Waals surface area (Å²) in [4.78, 5) is 67.9. The van der Waals surface area contributed by atoms with E-state index in [1.54, 1.807) is 47.4 Å². The number of rotatable bonds is 5. The third kappa shape index (κ3) is 9.03. The predicted octanol–water partition coefficient (Wildman–Crippen LogP) is 1.26. The Bertz CT molecular complexity index is 1980. The summed E-state index contributed by atoms with van der Waals surface area (Å²) in [6, 6.07) is 16.7. The number of aryl methyl sites for hydroxylation is 1. The van der Waals surface area contributed by atoms with Gasteiger partial charge in [-0.25, -0.2) is 8.42 Å². The molecule has 14 nitrogen and oxygen atoms in total. The number of sulfonamides is 1.